The van der Waals surface area contributed by atoms with Gasteiger partial charge in [-0.1, -0.05) is 13.0 Å². The molecule has 2 aromatic rings. The van der Waals surface area contributed by atoms with Crippen LogP contribution in [0.15, 0.2) is 22.9 Å². The van der Waals surface area contributed by atoms with Crippen molar-refractivity contribution in [2.24, 2.45) is 11.8 Å². The molecule has 0 radical (unpaired) electrons. The topological polar surface area (TPSA) is 70.5 Å². The maximum absolute atomic E-state index is 12.3. The van der Waals surface area contributed by atoms with Gasteiger partial charge >= 0.3 is 5.97 Å². The predicted molar refractivity (Wildman–Crippen MR) is 86.0 cm³/mol. The maximum atomic E-state index is 12.3. The van der Waals surface area contributed by atoms with Crippen LogP contribution in [0.2, 0.25) is 0 Å². The van der Waals surface area contributed by atoms with E-state index >= 15 is 0 Å². The molecule has 2 atom stereocenters. The molecule has 2 aromatic heterocycles. The fraction of sp³-hybridized carbons (Fsp3) is 0.400. The molecule has 1 aliphatic heterocycles. The number of rotatable bonds is 4. The Morgan fingerprint density at radius 2 is 2.23 bits per heavy atom. The molecule has 3 rings (SSSR count). The van der Waals surface area contributed by atoms with E-state index in [2.05, 4.69) is 4.98 Å². The minimum Gasteiger partial charge on any atom is -0.481 e. The van der Waals surface area contributed by atoms with Gasteiger partial charge < -0.3 is 10.0 Å². The third-order valence-corrected chi connectivity index (χ3v) is 5.83. The van der Waals surface area contributed by atoms with Gasteiger partial charge in [-0.05, 0) is 17.4 Å². The number of likely N-dealkylation sites (tertiary alicyclic amines) is 1. The number of aromatic nitrogens is 1. The molecule has 0 saturated carbocycles. The molecule has 3 heterocycles. The molecule has 22 heavy (non-hydrogen) atoms. The molecule has 7 heteroatoms. The second kappa shape index (κ2) is 6.18. The van der Waals surface area contributed by atoms with Crippen molar-refractivity contribution in [3.05, 3.63) is 28.6 Å². The van der Waals surface area contributed by atoms with Crippen molar-refractivity contribution in [3.63, 3.8) is 0 Å². The fourth-order valence-corrected chi connectivity index (χ4v) is 4.29. The highest BCUT2D eigenvalue weighted by Crippen LogP contribution is 2.28. The first-order valence-electron chi connectivity index (χ1n) is 7.03. The number of carbonyl (C=O) groups excluding carboxylic acids is 1. The molecule has 0 aromatic carbocycles. The van der Waals surface area contributed by atoms with Gasteiger partial charge in [0.25, 0.3) is 0 Å². The number of nitrogens with zero attached hydrogens (tertiary/aromatic N) is 2. The van der Waals surface area contributed by atoms with Gasteiger partial charge in [0.05, 0.1) is 22.9 Å². The lowest BCUT2D eigenvalue weighted by Gasteiger charge is -2.14. The van der Waals surface area contributed by atoms with Crippen molar-refractivity contribution >= 4 is 34.6 Å². The minimum atomic E-state index is -0.823. The van der Waals surface area contributed by atoms with E-state index < -0.39 is 11.9 Å². The maximum Gasteiger partial charge on any atom is 0.308 e. The molecule has 5 nitrogen and oxygen atoms in total. The number of thiazole rings is 1. The number of hydrogen-bond acceptors (Lipinski definition) is 5. The van der Waals surface area contributed by atoms with E-state index in [1.807, 2.05) is 29.8 Å². The quantitative estimate of drug-likeness (QED) is 0.931. The van der Waals surface area contributed by atoms with E-state index in [1.54, 1.807) is 16.2 Å². The van der Waals surface area contributed by atoms with Crippen LogP contribution in [-0.2, 0) is 16.0 Å². The summed E-state index contributed by atoms with van der Waals surface area (Å²) in [6.45, 7) is 2.69. The summed E-state index contributed by atoms with van der Waals surface area (Å²) in [5.74, 6) is -1.32. The van der Waals surface area contributed by atoms with Crippen LogP contribution < -0.4 is 0 Å². The van der Waals surface area contributed by atoms with Gasteiger partial charge in [-0.3, -0.25) is 9.59 Å². The smallest absolute Gasteiger partial charge is 0.308 e. The Bertz CT molecular complexity index is 681. The van der Waals surface area contributed by atoms with Gasteiger partial charge in [0.1, 0.15) is 5.01 Å². The summed E-state index contributed by atoms with van der Waals surface area (Å²) in [6, 6.07) is 3.98. The Kier molecular flexibility index (Phi) is 4.26. The monoisotopic (exact) mass is 336 g/mol. The third kappa shape index (κ3) is 3.05. The van der Waals surface area contributed by atoms with Crippen LogP contribution in [0.5, 0.6) is 0 Å². The average Bonchev–Trinajstić information content (AvgIpc) is 3.16. The van der Waals surface area contributed by atoms with E-state index in [1.165, 1.54) is 11.3 Å². The first-order chi connectivity index (χ1) is 10.5. The van der Waals surface area contributed by atoms with Crippen molar-refractivity contribution in [2.45, 2.75) is 13.3 Å². The highest BCUT2D eigenvalue weighted by atomic mass is 32.1. The van der Waals surface area contributed by atoms with Gasteiger partial charge in [-0.2, -0.15) is 0 Å². The number of thiophene rings is 1. The zero-order chi connectivity index (χ0) is 15.7. The number of hydrogen-bond donors (Lipinski definition) is 1. The molecular weight excluding hydrogens is 320 g/mol. The number of carboxylic acids is 1. The Balaban J connectivity index is 1.64. The van der Waals surface area contributed by atoms with Gasteiger partial charge in [-0.25, -0.2) is 4.98 Å². The van der Waals surface area contributed by atoms with Gasteiger partial charge in [0.15, 0.2) is 0 Å². The number of carbonyl (C=O) groups is 2. The Morgan fingerprint density at radius 3 is 2.86 bits per heavy atom. The second-order valence-electron chi connectivity index (χ2n) is 5.52. The molecule has 0 spiro atoms. The van der Waals surface area contributed by atoms with E-state index in [0.29, 0.717) is 13.1 Å². The SMILES string of the molecule is C[C@@H]1CN(C(=O)Cc2csc(-c3cccs3)n2)C[C@H]1C(=O)O. The summed E-state index contributed by atoms with van der Waals surface area (Å²) in [4.78, 5) is 30.7. The molecule has 116 valence electrons. The number of aliphatic carboxylic acids is 1. The van der Waals surface area contributed by atoms with Crippen LogP contribution in [0.25, 0.3) is 9.88 Å². The lowest BCUT2D eigenvalue weighted by molar-refractivity contribution is -0.142. The fourth-order valence-electron chi connectivity index (χ4n) is 2.66. The average molecular weight is 336 g/mol. The van der Waals surface area contributed by atoms with E-state index in [9.17, 15) is 9.59 Å². The van der Waals surface area contributed by atoms with Crippen LogP contribution in [0.4, 0.5) is 0 Å². The zero-order valence-electron chi connectivity index (χ0n) is 12.1. The molecular formula is C15H16N2O3S2. The highest BCUT2D eigenvalue weighted by Gasteiger charge is 2.36. The van der Waals surface area contributed by atoms with Gasteiger partial charge in [0.2, 0.25) is 5.91 Å². The summed E-state index contributed by atoms with van der Waals surface area (Å²) >= 11 is 3.16. The molecule has 1 aliphatic rings. The first kappa shape index (κ1) is 15.2. The Hall–Kier alpha value is -1.73. The highest BCUT2D eigenvalue weighted by molar-refractivity contribution is 7.20. The molecule has 1 amide bonds. The van der Waals surface area contributed by atoms with E-state index in [-0.39, 0.29) is 18.2 Å². The Labute approximate surface area is 136 Å². The molecule has 0 unspecified atom stereocenters. The molecule has 0 bridgehead atoms. The third-order valence-electron chi connectivity index (χ3n) is 3.90. The van der Waals surface area contributed by atoms with Gasteiger partial charge in [-0.15, -0.1) is 22.7 Å². The van der Waals surface area contributed by atoms with Gasteiger partial charge in [0, 0.05) is 18.5 Å². The normalized spacial score (nSPS) is 21.2. The lowest BCUT2D eigenvalue weighted by atomic mass is 9.99. The van der Waals surface area contributed by atoms with Crippen LogP contribution >= 0.6 is 22.7 Å². The summed E-state index contributed by atoms with van der Waals surface area (Å²) in [6.07, 6.45) is 0.237. The van der Waals surface area contributed by atoms with Crippen molar-refractivity contribution in [2.75, 3.05) is 13.1 Å². The van der Waals surface area contributed by atoms with Crippen molar-refractivity contribution < 1.29 is 14.7 Å². The number of carboxylic acid groups (broad SMARTS) is 1. The summed E-state index contributed by atoms with van der Waals surface area (Å²) in [5, 5.41) is 14.0. The standard InChI is InChI=1S/C15H16N2O3S2/c1-9-6-17(7-11(9)15(19)20)13(18)5-10-8-22-14(16-10)12-3-2-4-21-12/h2-4,8-9,11H,5-7H2,1H3,(H,19,20)/t9-,11-/m1/s1. The molecule has 1 saturated heterocycles. The largest absolute Gasteiger partial charge is 0.481 e. The van der Waals surface area contributed by atoms with Crippen LogP contribution in [0, 0.1) is 11.8 Å². The van der Waals surface area contributed by atoms with Crippen LogP contribution in [0.1, 0.15) is 12.6 Å². The molecule has 1 N–H and O–H groups in total. The van der Waals surface area contributed by atoms with Crippen molar-refractivity contribution in [1.29, 1.82) is 0 Å². The lowest BCUT2D eigenvalue weighted by Crippen LogP contribution is -2.31. The van der Waals surface area contributed by atoms with Crippen LogP contribution in [0.3, 0.4) is 0 Å². The van der Waals surface area contributed by atoms with Crippen LogP contribution in [-0.4, -0.2) is 40.0 Å². The summed E-state index contributed by atoms with van der Waals surface area (Å²) < 4.78 is 0. The second-order valence-corrected chi connectivity index (χ2v) is 7.32. The van der Waals surface area contributed by atoms with Crippen molar-refractivity contribution in [3.8, 4) is 9.88 Å². The van der Waals surface area contributed by atoms with E-state index in [4.69, 9.17) is 5.11 Å². The van der Waals surface area contributed by atoms with E-state index in [0.717, 1.165) is 15.6 Å². The number of amides is 1. The van der Waals surface area contributed by atoms with Crippen molar-refractivity contribution in [1.82, 2.24) is 9.88 Å². The predicted octanol–water partition coefficient (Wildman–Crippen LogP) is 2.59. The Morgan fingerprint density at radius 1 is 1.41 bits per heavy atom. The first-order valence-corrected chi connectivity index (χ1v) is 8.79. The minimum absolute atomic E-state index is 0.00133. The summed E-state index contributed by atoms with van der Waals surface area (Å²) in [7, 11) is 0. The zero-order valence-corrected chi connectivity index (χ0v) is 13.7. The summed E-state index contributed by atoms with van der Waals surface area (Å²) in [5.41, 5.74) is 0.754. The molecule has 0 aliphatic carbocycles. The molecule has 1 fully saturated rings.